The van der Waals surface area contributed by atoms with Gasteiger partial charge in [0, 0.05) is 62.9 Å². The third-order valence-corrected chi connectivity index (χ3v) is 8.50. The zero-order valence-electron chi connectivity index (χ0n) is 22.5. The van der Waals surface area contributed by atoms with E-state index in [4.69, 9.17) is 15.5 Å². The number of hydrogen-bond donors (Lipinski definition) is 2. The number of aryl methyl sites for hydroxylation is 1. The predicted octanol–water partition coefficient (Wildman–Crippen LogP) is 3.21. The molecule has 2 aromatic heterocycles. The van der Waals surface area contributed by atoms with Crippen LogP contribution in [0.2, 0.25) is 0 Å². The van der Waals surface area contributed by atoms with Crippen LogP contribution in [0.15, 0.2) is 36.4 Å². The van der Waals surface area contributed by atoms with Crippen LogP contribution in [-0.2, 0) is 13.6 Å². The van der Waals surface area contributed by atoms with Gasteiger partial charge < -0.3 is 34.5 Å². The van der Waals surface area contributed by atoms with Gasteiger partial charge in [-0.2, -0.15) is 0 Å². The quantitative estimate of drug-likeness (QED) is 0.408. The molecular formula is C29H36N6O3. The van der Waals surface area contributed by atoms with E-state index in [1.807, 2.05) is 31.0 Å². The van der Waals surface area contributed by atoms with Gasteiger partial charge in [0.2, 0.25) is 0 Å². The maximum Gasteiger partial charge on any atom is 0.254 e. The summed E-state index contributed by atoms with van der Waals surface area (Å²) >= 11 is 0. The zero-order chi connectivity index (χ0) is 26.7. The SMILES string of the molecule is COc1cc(C(=O)N2C[C@@H](C)[C@@H](N)[C@H]2C)cc2nc(-c3cc4cccc5c4n3CCN5CCCO)n(C)c12. The fourth-order valence-electron chi connectivity index (χ4n) is 6.35. The molecule has 6 rings (SSSR count). The van der Waals surface area contributed by atoms with Crippen molar-refractivity contribution in [2.45, 2.75) is 38.9 Å². The number of carbonyl (C=O) groups is 1. The lowest BCUT2D eigenvalue weighted by Gasteiger charge is -2.31. The molecule has 0 radical (unpaired) electrons. The largest absolute Gasteiger partial charge is 0.494 e. The molecule has 9 heteroatoms. The fraction of sp³-hybridized carbons (Fsp3) is 0.448. The Bertz CT molecular complexity index is 1540. The van der Waals surface area contributed by atoms with Crippen LogP contribution in [-0.4, -0.2) is 75.5 Å². The van der Waals surface area contributed by atoms with E-state index in [1.54, 1.807) is 7.11 Å². The molecule has 0 bridgehead atoms. The second-order valence-electron chi connectivity index (χ2n) is 10.8. The fourth-order valence-corrected chi connectivity index (χ4v) is 6.35. The van der Waals surface area contributed by atoms with Crippen molar-refractivity contribution < 1.29 is 14.6 Å². The number of imidazole rings is 1. The van der Waals surface area contributed by atoms with Crippen LogP contribution < -0.4 is 15.4 Å². The molecule has 38 heavy (non-hydrogen) atoms. The molecule has 2 aliphatic rings. The van der Waals surface area contributed by atoms with Crippen molar-refractivity contribution in [3.05, 3.63) is 42.0 Å². The van der Waals surface area contributed by atoms with Crippen LogP contribution in [0.4, 0.5) is 5.69 Å². The second-order valence-corrected chi connectivity index (χ2v) is 10.8. The number of para-hydroxylation sites is 1. The number of nitrogens with zero attached hydrogens (tertiary/aromatic N) is 5. The first-order valence-electron chi connectivity index (χ1n) is 13.4. The minimum absolute atomic E-state index is 0.0223. The number of benzene rings is 2. The van der Waals surface area contributed by atoms with Crippen molar-refractivity contribution in [1.82, 2.24) is 19.0 Å². The molecule has 0 spiro atoms. The van der Waals surface area contributed by atoms with Crippen LogP contribution in [0.5, 0.6) is 5.75 Å². The number of anilines is 1. The molecule has 1 amide bonds. The number of hydrogen-bond acceptors (Lipinski definition) is 6. The smallest absolute Gasteiger partial charge is 0.254 e. The molecule has 3 N–H and O–H groups in total. The topological polar surface area (TPSA) is 102 Å². The molecule has 0 saturated carbocycles. The van der Waals surface area contributed by atoms with Crippen molar-refractivity contribution in [1.29, 1.82) is 0 Å². The summed E-state index contributed by atoms with van der Waals surface area (Å²) in [5.74, 6) is 1.67. The number of aliphatic hydroxyl groups excluding tert-OH is 1. The molecule has 4 heterocycles. The first kappa shape index (κ1) is 24.8. The summed E-state index contributed by atoms with van der Waals surface area (Å²) in [7, 11) is 3.63. The number of ether oxygens (including phenoxy) is 1. The van der Waals surface area contributed by atoms with Gasteiger partial charge in [-0.1, -0.05) is 19.1 Å². The number of fused-ring (bicyclic) bond motifs is 1. The molecule has 1 fully saturated rings. The predicted molar refractivity (Wildman–Crippen MR) is 150 cm³/mol. The minimum Gasteiger partial charge on any atom is -0.494 e. The van der Waals surface area contributed by atoms with Crippen molar-refractivity contribution in [3.63, 3.8) is 0 Å². The van der Waals surface area contributed by atoms with Gasteiger partial charge in [-0.15, -0.1) is 0 Å². The highest BCUT2D eigenvalue weighted by Gasteiger charge is 2.37. The monoisotopic (exact) mass is 516 g/mol. The highest BCUT2D eigenvalue weighted by atomic mass is 16.5. The van der Waals surface area contributed by atoms with Gasteiger partial charge in [-0.25, -0.2) is 4.98 Å². The normalized spacial score (nSPS) is 21.2. The molecular weight excluding hydrogens is 480 g/mol. The van der Waals surface area contributed by atoms with E-state index in [0.717, 1.165) is 54.0 Å². The second kappa shape index (κ2) is 9.32. The summed E-state index contributed by atoms with van der Waals surface area (Å²) in [6.45, 7) is 7.47. The Morgan fingerprint density at radius 3 is 2.71 bits per heavy atom. The molecule has 0 unspecified atom stereocenters. The third-order valence-electron chi connectivity index (χ3n) is 8.50. The molecule has 1 saturated heterocycles. The molecule has 200 valence electrons. The number of aliphatic hydroxyl groups is 1. The maximum absolute atomic E-state index is 13.5. The van der Waals surface area contributed by atoms with E-state index in [9.17, 15) is 9.90 Å². The summed E-state index contributed by atoms with van der Waals surface area (Å²) in [5.41, 5.74) is 11.9. The Labute approximate surface area is 222 Å². The van der Waals surface area contributed by atoms with E-state index in [2.05, 4.69) is 45.2 Å². The molecule has 9 nitrogen and oxygen atoms in total. The number of amides is 1. The van der Waals surface area contributed by atoms with Gasteiger partial charge in [-0.3, -0.25) is 4.79 Å². The van der Waals surface area contributed by atoms with Crippen LogP contribution in [0.25, 0.3) is 33.5 Å². The van der Waals surface area contributed by atoms with Crippen molar-refractivity contribution in [3.8, 4) is 17.3 Å². The van der Waals surface area contributed by atoms with E-state index >= 15 is 0 Å². The van der Waals surface area contributed by atoms with Gasteiger partial charge >= 0.3 is 0 Å². The van der Waals surface area contributed by atoms with E-state index in [-0.39, 0.29) is 30.5 Å². The Kier molecular flexibility index (Phi) is 6.07. The van der Waals surface area contributed by atoms with Crippen molar-refractivity contribution in [2.75, 3.05) is 38.3 Å². The van der Waals surface area contributed by atoms with Gasteiger partial charge in [0.15, 0.2) is 5.82 Å². The van der Waals surface area contributed by atoms with Gasteiger partial charge in [0.25, 0.3) is 5.91 Å². The number of methoxy groups -OCH3 is 1. The number of rotatable bonds is 6. The van der Waals surface area contributed by atoms with Crippen LogP contribution in [0.3, 0.4) is 0 Å². The molecule has 2 aromatic carbocycles. The number of aromatic nitrogens is 3. The van der Waals surface area contributed by atoms with Gasteiger partial charge in [0.1, 0.15) is 11.3 Å². The minimum atomic E-state index is -0.0409. The average Bonchev–Trinajstić information content (AvgIpc) is 3.55. The lowest BCUT2D eigenvalue weighted by molar-refractivity contribution is 0.0739. The maximum atomic E-state index is 13.5. The van der Waals surface area contributed by atoms with Crippen LogP contribution >= 0.6 is 0 Å². The third kappa shape index (κ3) is 3.67. The molecule has 4 aromatic rings. The number of likely N-dealkylation sites (tertiary alicyclic amines) is 1. The highest BCUT2D eigenvalue weighted by Crippen LogP contribution is 2.39. The Hall–Kier alpha value is -3.56. The Morgan fingerprint density at radius 1 is 1.18 bits per heavy atom. The highest BCUT2D eigenvalue weighted by molar-refractivity contribution is 6.01. The number of carbonyl (C=O) groups excluding carboxylic acids is 1. The lowest BCUT2D eigenvalue weighted by Crippen LogP contribution is -2.40. The van der Waals surface area contributed by atoms with E-state index in [0.29, 0.717) is 17.9 Å². The Morgan fingerprint density at radius 2 is 2.00 bits per heavy atom. The van der Waals surface area contributed by atoms with Gasteiger partial charge in [-0.05, 0) is 43.5 Å². The molecule has 3 atom stereocenters. The lowest BCUT2D eigenvalue weighted by atomic mass is 10.0. The number of nitrogens with two attached hydrogens (primary N) is 1. The first-order chi connectivity index (χ1) is 18.3. The summed E-state index contributed by atoms with van der Waals surface area (Å²) in [5, 5.41) is 10.5. The Balaban J connectivity index is 1.45. The summed E-state index contributed by atoms with van der Waals surface area (Å²) in [4.78, 5) is 22.8. The molecule has 2 aliphatic heterocycles. The molecule has 0 aliphatic carbocycles. The summed E-state index contributed by atoms with van der Waals surface area (Å²) in [6.07, 6.45) is 0.747. The standard InChI is InChI=1S/C29H36N6O3/c1-17-16-35(18(2)25(17)30)29(37)20-13-21-27(24(15-20)38-4)32(3)28(31-21)23-14-19-7-5-8-22-26(19)34(23)11-10-33(22)9-6-12-36/h5,7-8,13-15,17-18,25,36H,6,9-12,16,30H2,1-4H3/t17-,18-,25-/m1/s1. The van der Waals surface area contributed by atoms with Crippen LogP contribution in [0, 0.1) is 5.92 Å². The van der Waals surface area contributed by atoms with Crippen LogP contribution in [0.1, 0.15) is 30.6 Å². The van der Waals surface area contributed by atoms with Crippen molar-refractivity contribution in [2.24, 2.45) is 18.7 Å². The zero-order valence-corrected chi connectivity index (χ0v) is 22.5. The van der Waals surface area contributed by atoms with Crippen molar-refractivity contribution >= 4 is 33.5 Å². The first-order valence-corrected chi connectivity index (χ1v) is 13.4. The average molecular weight is 517 g/mol. The summed E-state index contributed by atoms with van der Waals surface area (Å²) < 4.78 is 10.2. The van der Waals surface area contributed by atoms with E-state index < -0.39 is 0 Å². The van der Waals surface area contributed by atoms with E-state index in [1.165, 1.54) is 11.2 Å². The summed E-state index contributed by atoms with van der Waals surface area (Å²) in [6, 6.07) is 12.2. The van der Waals surface area contributed by atoms with Gasteiger partial charge in [0.05, 0.1) is 29.5 Å².